The number of nitrogens with zero attached hydrogens (tertiary/aromatic N) is 3. The molecular weight excluding hydrogens is 242 g/mol. The molecule has 1 aromatic carbocycles. The zero-order chi connectivity index (χ0) is 13.9. The molecule has 5 heteroatoms. The zero-order valence-electron chi connectivity index (χ0n) is 11.0. The highest BCUT2D eigenvalue weighted by Gasteiger charge is 2.29. The molecule has 1 aliphatic rings. The van der Waals surface area contributed by atoms with E-state index < -0.39 is 0 Å². The lowest BCUT2D eigenvalue weighted by atomic mass is 9.82. The number of nitro benzene ring substituents is 1. The maximum atomic E-state index is 10.7. The topological polar surface area (TPSA) is 70.2 Å². The molecule has 0 aliphatic carbocycles. The van der Waals surface area contributed by atoms with Crippen molar-refractivity contribution in [2.24, 2.45) is 5.41 Å². The van der Waals surface area contributed by atoms with Crippen LogP contribution in [-0.4, -0.2) is 22.9 Å². The van der Waals surface area contributed by atoms with Crippen molar-refractivity contribution in [2.75, 3.05) is 13.1 Å². The average Bonchev–Trinajstić information content (AvgIpc) is 2.42. The molecule has 19 heavy (non-hydrogen) atoms. The quantitative estimate of drug-likeness (QED) is 0.618. The van der Waals surface area contributed by atoms with E-state index in [2.05, 4.69) is 11.0 Å². The molecule has 0 radical (unpaired) electrons. The predicted molar refractivity (Wildman–Crippen MR) is 71.3 cm³/mol. The summed E-state index contributed by atoms with van der Waals surface area (Å²) in [5.41, 5.74) is 0.880. The van der Waals surface area contributed by atoms with Crippen LogP contribution in [0.5, 0.6) is 0 Å². The minimum absolute atomic E-state index is 0.136. The molecular formula is C14H17N3O2. The van der Waals surface area contributed by atoms with Crippen molar-refractivity contribution in [3.8, 4) is 6.07 Å². The summed E-state index contributed by atoms with van der Waals surface area (Å²) in [5.74, 6) is 0. The van der Waals surface area contributed by atoms with Crippen LogP contribution in [0.1, 0.15) is 25.3 Å². The molecule has 0 N–H and O–H groups in total. The van der Waals surface area contributed by atoms with Gasteiger partial charge in [0.05, 0.1) is 16.4 Å². The Bertz CT molecular complexity index is 514. The molecule has 0 unspecified atom stereocenters. The number of hydrogen-bond donors (Lipinski definition) is 0. The van der Waals surface area contributed by atoms with Gasteiger partial charge in [-0.1, -0.05) is 12.1 Å². The van der Waals surface area contributed by atoms with Crippen LogP contribution < -0.4 is 0 Å². The Labute approximate surface area is 112 Å². The molecule has 0 amide bonds. The van der Waals surface area contributed by atoms with E-state index in [9.17, 15) is 10.1 Å². The fraction of sp³-hybridized carbons (Fsp3) is 0.500. The normalized spacial score (nSPS) is 18.7. The second kappa shape index (κ2) is 5.37. The van der Waals surface area contributed by atoms with E-state index in [1.54, 1.807) is 12.1 Å². The molecule has 0 aromatic heterocycles. The number of rotatable bonds is 3. The summed E-state index contributed by atoms with van der Waals surface area (Å²) in [6.07, 6.45) is 1.72. The molecule has 0 saturated carbocycles. The summed E-state index contributed by atoms with van der Waals surface area (Å²) in [6, 6.07) is 9.13. The van der Waals surface area contributed by atoms with Gasteiger partial charge in [0.1, 0.15) is 0 Å². The molecule has 0 bridgehead atoms. The summed E-state index contributed by atoms with van der Waals surface area (Å²) in [5, 5.41) is 19.8. The maximum absolute atomic E-state index is 10.7. The third-order valence-corrected chi connectivity index (χ3v) is 3.76. The van der Waals surface area contributed by atoms with Gasteiger partial charge < -0.3 is 0 Å². The number of nitro groups is 1. The summed E-state index contributed by atoms with van der Waals surface area (Å²) >= 11 is 0. The number of likely N-dealkylation sites (tertiary alicyclic amines) is 1. The Balaban J connectivity index is 1.98. The average molecular weight is 259 g/mol. The van der Waals surface area contributed by atoms with E-state index in [4.69, 9.17) is 5.26 Å². The highest BCUT2D eigenvalue weighted by molar-refractivity contribution is 5.34. The van der Waals surface area contributed by atoms with E-state index in [-0.39, 0.29) is 16.0 Å². The standard InChI is InChI=1S/C14H17N3O2/c1-14(11-15)5-7-16(8-6-14)10-12-3-2-4-13(9-12)17(18)19/h2-4,9H,5-8,10H2,1H3. The molecule has 1 aromatic rings. The van der Waals surface area contributed by atoms with E-state index in [0.717, 1.165) is 31.5 Å². The molecule has 2 rings (SSSR count). The van der Waals surface area contributed by atoms with Crippen LogP contribution in [0.15, 0.2) is 24.3 Å². The van der Waals surface area contributed by atoms with Gasteiger partial charge in [0.15, 0.2) is 0 Å². The van der Waals surface area contributed by atoms with E-state index in [0.29, 0.717) is 6.54 Å². The van der Waals surface area contributed by atoms with Crippen LogP contribution in [0.3, 0.4) is 0 Å². The molecule has 100 valence electrons. The molecule has 1 saturated heterocycles. The van der Waals surface area contributed by atoms with Gasteiger partial charge in [-0.2, -0.15) is 5.26 Å². The maximum Gasteiger partial charge on any atom is 0.269 e. The first-order valence-corrected chi connectivity index (χ1v) is 6.39. The Morgan fingerprint density at radius 1 is 1.47 bits per heavy atom. The lowest BCUT2D eigenvalue weighted by Gasteiger charge is -2.34. The molecule has 0 atom stereocenters. The van der Waals surface area contributed by atoms with Gasteiger partial charge >= 0.3 is 0 Å². The number of piperidine rings is 1. The van der Waals surface area contributed by atoms with Crippen LogP contribution in [-0.2, 0) is 6.54 Å². The van der Waals surface area contributed by atoms with Gasteiger partial charge in [-0.15, -0.1) is 0 Å². The number of non-ortho nitro benzene ring substituents is 1. The Morgan fingerprint density at radius 3 is 2.74 bits per heavy atom. The van der Waals surface area contributed by atoms with Gasteiger partial charge in [-0.3, -0.25) is 15.0 Å². The van der Waals surface area contributed by atoms with Gasteiger partial charge in [-0.25, -0.2) is 0 Å². The van der Waals surface area contributed by atoms with Crippen LogP contribution in [0.25, 0.3) is 0 Å². The summed E-state index contributed by atoms with van der Waals surface area (Å²) in [7, 11) is 0. The summed E-state index contributed by atoms with van der Waals surface area (Å²) < 4.78 is 0. The van der Waals surface area contributed by atoms with Gasteiger partial charge in [0, 0.05) is 18.7 Å². The van der Waals surface area contributed by atoms with E-state index in [1.165, 1.54) is 6.07 Å². The zero-order valence-corrected chi connectivity index (χ0v) is 11.0. The Morgan fingerprint density at radius 2 is 2.16 bits per heavy atom. The SMILES string of the molecule is CC1(C#N)CCN(Cc2cccc([N+](=O)[O-])c2)CC1. The van der Waals surface area contributed by atoms with Crippen LogP contribution in [0.2, 0.25) is 0 Å². The highest BCUT2D eigenvalue weighted by atomic mass is 16.6. The molecule has 1 fully saturated rings. The Hall–Kier alpha value is -1.93. The van der Waals surface area contributed by atoms with Crippen molar-refractivity contribution in [2.45, 2.75) is 26.3 Å². The van der Waals surface area contributed by atoms with Crippen molar-refractivity contribution >= 4 is 5.69 Å². The van der Waals surface area contributed by atoms with Gasteiger partial charge in [0.25, 0.3) is 5.69 Å². The van der Waals surface area contributed by atoms with Crippen LogP contribution in [0.4, 0.5) is 5.69 Å². The second-order valence-corrected chi connectivity index (χ2v) is 5.38. The number of hydrogen-bond acceptors (Lipinski definition) is 4. The Kier molecular flexibility index (Phi) is 3.82. The van der Waals surface area contributed by atoms with Crippen molar-refractivity contribution in [3.05, 3.63) is 39.9 Å². The van der Waals surface area contributed by atoms with Crippen molar-refractivity contribution in [1.29, 1.82) is 5.26 Å². The molecule has 1 heterocycles. The molecule has 1 aliphatic heterocycles. The van der Waals surface area contributed by atoms with Crippen molar-refractivity contribution in [1.82, 2.24) is 4.90 Å². The third kappa shape index (κ3) is 3.30. The first-order chi connectivity index (χ1) is 9.02. The first-order valence-electron chi connectivity index (χ1n) is 6.39. The highest BCUT2D eigenvalue weighted by Crippen LogP contribution is 2.30. The smallest absolute Gasteiger partial charge is 0.269 e. The van der Waals surface area contributed by atoms with Crippen molar-refractivity contribution in [3.63, 3.8) is 0 Å². The van der Waals surface area contributed by atoms with Crippen molar-refractivity contribution < 1.29 is 4.92 Å². The number of benzene rings is 1. The fourth-order valence-electron chi connectivity index (χ4n) is 2.34. The first kappa shape index (κ1) is 13.5. The summed E-state index contributed by atoms with van der Waals surface area (Å²) in [6.45, 7) is 4.44. The summed E-state index contributed by atoms with van der Waals surface area (Å²) in [4.78, 5) is 12.6. The minimum Gasteiger partial charge on any atom is -0.299 e. The second-order valence-electron chi connectivity index (χ2n) is 5.38. The van der Waals surface area contributed by atoms with Gasteiger partial charge in [-0.05, 0) is 38.4 Å². The number of nitriles is 1. The van der Waals surface area contributed by atoms with E-state index in [1.807, 2.05) is 13.0 Å². The fourth-order valence-corrected chi connectivity index (χ4v) is 2.34. The van der Waals surface area contributed by atoms with Crippen LogP contribution in [0, 0.1) is 26.9 Å². The molecule has 5 nitrogen and oxygen atoms in total. The largest absolute Gasteiger partial charge is 0.299 e. The van der Waals surface area contributed by atoms with Crippen LogP contribution >= 0.6 is 0 Å². The monoisotopic (exact) mass is 259 g/mol. The minimum atomic E-state index is -0.369. The lowest BCUT2D eigenvalue weighted by Crippen LogP contribution is -2.37. The van der Waals surface area contributed by atoms with E-state index >= 15 is 0 Å². The third-order valence-electron chi connectivity index (χ3n) is 3.76. The van der Waals surface area contributed by atoms with Gasteiger partial charge in [0.2, 0.25) is 0 Å². The molecule has 0 spiro atoms. The predicted octanol–water partition coefficient (Wildman–Crippen LogP) is 2.72. The lowest BCUT2D eigenvalue weighted by molar-refractivity contribution is -0.384.